The maximum absolute atomic E-state index is 12.3. The molecule has 7 heteroatoms. The fourth-order valence-electron chi connectivity index (χ4n) is 3.90. The van der Waals surface area contributed by atoms with E-state index in [9.17, 15) is 9.90 Å². The van der Waals surface area contributed by atoms with Crippen LogP contribution in [0.15, 0.2) is 48.8 Å². The molecule has 166 valence electrons. The van der Waals surface area contributed by atoms with Gasteiger partial charge in [-0.2, -0.15) is 0 Å². The van der Waals surface area contributed by atoms with Gasteiger partial charge >= 0.3 is 5.97 Å². The first-order valence-electron chi connectivity index (χ1n) is 10.3. The lowest BCUT2D eigenvalue weighted by atomic mass is 9.85. The number of ether oxygens (including phenoxy) is 1. The molecule has 1 aromatic carbocycles. The van der Waals surface area contributed by atoms with Crippen LogP contribution in [0, 0.1) is 6.92 Å². The second kappa shape index (κ2) is 8.26. The lowest BCUT2D eigenvalue weighted by Gasteiger charge is -2.24. The number of nitrogens with zero attached hydrogens (tertiary/aromatic N) is 2. The van der Waals surface area contributed by atoms with Gasteiger partial charge in [0.05, 0.1) is 16.8 Å². The van der Waals surface area contributed by atoms with Crippen LogP contribution in [0.1, 0.15) is 60.2 Å². The SMILES string of the molecule is Cc1cccn2c(-c3sc(C(=O)O)c(O[C@H](C)c4ccccc4Cl)c3C(C)(C)C)cnc12. The minimum atomic E-state index is -1.02. The standard InChI is InChI=1S/C25H25ClN2O3S/c1-14-9-8-12-28-18(13-27-23(14)28)21-19(25(3,4)5)20(22(32-21)24(29)30)31-15(2)16-10-6-7-11-17(16)26/h6-13,15H,1-5H3,(H,29,30)/t15-/m1/s1. The maximum atomic E-state index is 12.3. The number of rotatable bonds is 5. The van der Waals surface area contributed by atoms with Gasteiger partial charge in [0.2, 0.25) is 0 Å². The Kier molecular flexibility index (Phi) is 5.77. The monoisotopic (exact) mass is 468 g/mol. The Bertz CT molecular complexity index is 1320. The van der Waals surface area contributed by atoms with Gasteiger partial charge in [-0.05, 0) is 37.0 Å². The number of aromatic carboxylic acids is 1. The van der Waals surface area contributed by atoms with Crippen molar-refractivity contribution in [3.63, 3.8) is 0 Å². The summed E-state index contributed by atoms with van der Waals surface area (Å²) in [4.78, 5) is 17.9. The third-order valence-corrected chi connectivity index (χ3v) is 6.94. The summed E-state index contributed by atoms with van der Waals surface area (Å²) < 4.78 is 8.36. The zero-order valence-corrected chi connectivity index (χ0v) is 20.2. The average molecular weight is 469 g/mol. The smallest absolute Gasteiger partial charge is 0.349 e. The summed E-state index contributed by atoms with van der Waals surface area (Å²) in [5.74, 6) is -0.627. The number of imidazole rings is 1. The van der Waals surface area contributed by atoms with Gasteiger partial charge in [-0.25, -0.2) is 9.78 Å². The normalized spacial score (nSPS) is 12.8. The summed E-state index contributed by atoms with van der Waals surface area (Å²) in [5, 5.41) is 10.6. The second-order valence-electron chi connectivity index (χ2n) is 8.83. The van der Waals surface area contributed by atoms with E-state index in [0.717, 1.165) is 32.9 Å². The molecule has 1 atom stereocenters. The van der Waals surface area contributed by atoms with Crippen LogP contribution in [0.25, 0.3) is 16.2 Å². The van der Waals surface area contributed by atoms with Crippen LogP contribution >= 0.6 is 22.9 Å². The van der Waals surface area contributed by atoms with E-state index in [1.807, 2.05) is 54.8 Å². The van der Waals surface area contributed by atoms with Crippen LogP contribution in [-0.2, 0) is 5.41 Å². The highest BCUT2D eigenvalue weighted by Gasteiger charge is 2.34. The molecule has 4 rings (SSSR count). The molecular weight excluding hydrogens is 444 g/mol. The van der Waals surface area contributed by atoms with Gasteiger partial charge in [0, 0.05) is 22.3 Å². The average Bonchev–Trinajstić information content (AvgIpc) is 3.30. The van der Waals surface area contributed by atoms with E-state index < -0.39 is 12.1 Å². The summed E-state index contributed by atoms with van der Waals surface area (Å²) in [7, 11) is 0. The third-order valence-electron chi connectivity index (χ3n) is 5.41. The van der Waals surface area contributed by atoms with Gasteiger partial charge in [0.1, 0.15) is 17.5 Å². The molecule has 5 nitrogen and oxygen atoms in total. The Balaban J connectivity index is 1.94. The molecule has 0 unspecified atom stereocenters. The molecular formula is C25H25ClN2O3S. The fraction of sp³-hybridized carbons (Fsp3) is 0.280. The van der Waals surface area contributed by atoms with Crippen LogP contribution < -0.4 is 4.74 Å². The lowest BCUT2D eigenvalue weighted by molar-refractivity contribution is 0.0695. The number of pyridine rings is 1. The predicted molar refractivity (Wildman–Crippen MR) is 129 cm³/mol. The summed E-state index contributed by atoms with van der Waals surface area (Å²) in [6.45, 7) is 10.1. The van der Waals surface area contributed by atoms with E-state index in [0.29, 0.717) is 10.8 Å². The quantitative estimate of drug-likeness (QED) is 0.337. The number of aryl methyl sites for hydroxylation is 1. The van der Waals surface area contributed by atoms with Crippen molar-refractivity contribution >= 4 is 34.6 Å². The molecule has 4 aromatic rings. The molecule has 0 bridgehead atoms. The van der Waals surface area contributed by atoms with Gasteiger partial charge in [0.25, 0.3) is 0 Å². The first-order chi connectivity index (χ1) is 15.1. The number of thiophene rings is 1. The molecule has 32 heavy (non-hydrogen) atoms. The Hall–Kier alpha value is -2.83. The van der Waals surface area contributed by atoms with Crippen molar-refractivity contribution in [1.82, 2.24) is 9.38 Å². The summed E-state index contributed by atoms with van der Waals surface area (Å²) in [6.07, 6.45) is 3.33. The molecule has 0 saturated carbocycles. The Morgan fingerprint density at radius 1 is 1.22 bits per heavy atom. The van der Waals surface area contributed by atoms with E-state index in [4.69, 9.17) is 16.3 Å². The number of aromatic nitrogens is 2. The molecule has 0 spiro atoms. The number of carboxylic acids is 1. The van der Waals surface area contributed by atoms with Crippen LogP contribution in [0.3, 0.4) is 0 Å². The van der Waals surface area contributed by atoms with Crippen LogP contribution in [-0.4, -0.2) is 20.5 Å². The first kappa shape index (κ1) is 22.4. The van der Waals surface area contributed by atoms with Gasteiger partial charge in [0.15, 0.2) is 4.88 Å². The van der Waals surface area contributed by atoms with Crippen LogP contribution in [0.4, 0.5) is 0 Å². The summed E-state index contributed by atoms with van der Waals surface area (Å²) >= 11 is 7.60. The molecule has 0 aliphatic rings. The van der Waals surface area contributed by atoms with Crippen molar-refractivity contribution in [2.24, 2.45) is 0 Å². The third kappa shape index (κ3) is 3.89. The number of carboxylic acid groups (broad SMARTS) is 1. The van der Waals surface area contributed by atoms with Crippen molar-refractivity contribution in [2.75, 3.05) is 0 Å². The molecule has 3 heterocycles. The van der Waals surface area contributed by atoms with E-state index in [2.05, 4.69) is 25.8 Å². The summed E-state index contributed by atoms with van der Waals surface area (Å²) in [6, 6.07) is 11.4. The van der Waals surface area contributed by atoms with Gasteiger partial charge in [-0.3, -0.25) is 4.40 Å². The van der Waals surface area contributed by atoms with E-state index in [1.165, 1.54) is 11.3 Å². The number of fused-ring (bicyclic) bond motifs is 1. The maximum Gasteiger partial charge on any atom is 0.349 e. The molecule has 0 saturated heterocycles. The number of carbonyl (C=O) groups is 1. The molecule has 0 aliphatic carbocycles. The lowest BCUT2D eigenvalue weighted by Crippen LogP contribution is -2.16. The molecule has 0 radical (unpaired) electrons. The van der Waals surface area contributed by atoms with Gasteiger partial charge in [-0.1, -0.05) is 56.6 Å². The van der Waals surface area contributed by atoms with Gasteiger partial charge in [-0.15, -0.1) is 11.3 Å². The number of hydrogen-bond donors (Lipinski definition) is 1. The molecule has 3 aromatic heterocycles. The molecule has 0 amide bonds. The van der Waals surface area contributed by atoms with Crippen molar-refractivity contribution in [1.29, 1.82) is 0 Å². The minimum Gasteiger partial charge on any atom is -0.484 e. The predicted octanol–water partition coefficient (Wildman–Crippen LogP) is 7.16. The van der Waals surface area contributed by atoms with Crippen molar-refractivity contribution in [3.05, 3.63) is 75.4 Å². The highest BCUT2D eigenvalue weighted by Crippen LogP contribution is 2.49. The zero-order valence-electron chi connectivity index (χ0n) is 18.6. The Morgan fingerprint density at radius 3 is 2.59 bits per heavy atom. The Morgan fingerprint density at radius 2 is 1.94 bits per heavy atom. The van der Waals surface area contributed by atoms with E-state index in [1.54, 1.807) is 12.3 Å². The van der Waals surface area contributed by atoms with E-state index in [-0.39, 0.29) is 10.3 Å². The van der Waals surface area contributed by atoms with Crippen molar-refractivity contribution in [3.8, 4) is 16.3 Å². The number of halogens is 1. The van der Waals surface area contributed by atoms with E-state index >= 15 is 0 Å². The largest absolute Gasteiger partial charge is 0.484 e. The van der Waals surface area contributed by atoms with Gasteiger partial charge < -0.3 is 9.84 Å². The van der Waals surface area contributed by atoms with Crippen molar-refractivity contribution in [2.45, 2.75) is 46.1 Å². The molecule has 0 aliphatic heterocycles. The number of benzene rings is 1. The minimum absolute atomic E-state index is 0.173. The van der Waals surface area contributed by atoms with Crippen LogP contribution in [0.2, 0.25) is 5.02 Å². The second-order valence-corrected chi connectivity index (χ2v) is 10.3. The highest BCUT2D eigenvalue weighted by atomic mass is 35.5. The Labute approximate surface area is 196 Å². The summed E-state index contributed by atoms with van der Waals surface area (Å²) in [5.41, 5.74) is 4.03. The van der Waals surface area contributed by atoms with Crippen LogP contribution in [0.5, 0.6) is 5.75 Å². The molecule has 1 N–H and O–H groups in total. The zero-order chi connectivity index (χ0) is 23.2. The first-order valence-corrected chi connectivity index (χ1v) is 11.5. The number of hydrogen-bond acceptors (Lipinski definition) is 4. The fourth-order valence-corrected chi connectivity index (χ4v) is 5.48. The highest BCUT2D eigenvalue weighted by molar-refractivity contribution is 7.18. The molecule has 0 fully saturated rings. The topological polar surface area (TPSA) is 63.8 Å². The van der Waals surface area contributed by atoms with Crippen molar-refractivity contribution < 1.29 is 14.6 Å².